The van der Waals surface area contributed by atoms with Crippen molar-refractivity contribution in [1.29, 1.82) is 0 Å². The summed E-state index contributed by atoms with van der Waals surface area (Å²) in [5.74, 6) is -3.60. The minimum atomic E-state index is -5.47. The van der Waals surface area contributed by atoms with E-state index in [9.17, 15) is 71.7 Å². The SMILES string of the molecule is COc1cc(N=Nc2ccc(N=Nc3c(S(=O)(=O)[O-])cc4cc(S(=O)(=O)[O-])cc(NC(C)=O)c4c3O)cc2)c(C)cc1N=Nc1c(S(=O)(=O)[O-])cc2cc(S(=O)(=O)[O-])cc(NC(C)=O)c2c1O.[Na+].[Na+].[Na+].[Na+]. The molecule has 0 aliphatic carbocycles. The number of hydrogen-bond acceptors (Lipinski definition) is 23. The Kier molecular flexibility index (Phi) is 22.2. The van der Waals surface area contributed by atoms with Gasteiger partial charge in [-0.25, -0.2) is 33.7 Å². The first kappa shape index (κ1) is 63.7. The summed E-state index contributed by atoms with van der Waals surface area (Å²) in [4.78, 5) is 19.7. The number of hydrogen-bond donors (Lipinski definition) is 4. The van der Waals surface area contributed by atoms with Gasteiger partial charge < -0.3 is 43.8 Å². The van der Waals surface area contributed by atoms with Crippen LogP contribution >= 0.6 is 0 Å². The van der Waals surface area contributed by atoms with Gasteiger partial charge in [0.25, 0.3) is 0 Å². The van der Waals surface area contributed by atoms with Gasteiger partial charge in [0.05, 0.1) is 55.1 Å². The zero-order valence-corrected chi connectivity index (χ0v) is 49.5. The number of amides is 2. The van der Waals surface area contributed by atoms with Gasteiger partial charge in [-0.3, -0.25) is 9.59 Å². The largest absolute Gasteiger partial charge is 1.00 e. The minimum absolute atomic E-state index is 0. The Morgan fingerprint density at radius 2 is 0.887 bits per heavy atom. The van der Waals surface area contributed by atoms with Gasteiger partial charge in [-0.2, -0.15) is 15.3 Å². The standard InChI is InChI=1S/C38H32N8O17S4.4Na/c1-17-9-27(44-46-36-32(67(60,61)62)13-21-11-25(65(54,55)56)15-29(40-19(3)48)34(21)38(36)50)30(63-4)16-26(17)43-41-22-5-7-23(8-6-22)42-45-35-31(66(57,58)59)12-20-10-24(64(51,52)53)14-28(39-18(2)47)33(20)37(35)49;;;;/h5-16,49-50H,1-4H3,(H,39,47)(H,40,48)(H,51,52,53)(H,54,55,56)(H,57,58,59)(H,60,61,62);;;;/q;4*+1/p-4. The van der Waals surface area contributed by atoms with Crippen molar-refractivity contribution in [3.05, 3.63) is 78.4 Å². The fourth-order valence-electron chi connectivity index (χ4n) is 6.28. The Morgan fingerprint density at radius 3 is 1.24 bits per heavy atom. The molecule has 2 amide bonds. The van der Waals surface area contributed by atoms with Crippen LogP contribution in [0.2, 0.25) is 0 Å². The van der Waals surface area contributed by atoms with E-state index in [1.54, 1.807) is 6.92 Å². The number of benzene rings is 6. The van der Waals surface area contributed by atoms with E-state index in [4.69, 9.17) is 4.74 Å². The van der Waals surface area contributed by atoms with Crippen molar-refractivity contribution in [2.75, 3.05) is 17.7 Å². The van der Waals surface area contributed by atoms with Crippen molar-refractivity contribution in [1.82, 2.24) is 0 Å². The molecule has 350 valence electrons. The molecular formula is C38H28N8Na4O17S4. The van der Waals surface area contributed by atoms with E-state index >= 15 is 0 Å². The van der Waals surface area contributed by atoms with E-state index in [0.29, 0.717) is 29.8 Å². The number of aryl methyl sites for hydroxylation is 1. The summed E-state index contributed by atoms with van der Waals surface area (Å²) >= 11 is 0. The second-order valence-electron chi connectivity index (χ2n) is 13.9. The molecular weight excluding hydrogens is 1060 g/mol. The van der Waals surface area contributed by atoms with Gasteiger partial charge in [-0.15, -0.1) is 15.3 Å². The molecule has 6 aromatic carbocycles. The van der Waals surface area contributed by atoms with Gasteiger partial charge >= 0.3 is 118 Å². The molecule has 0 saturated heterocycles. The number of carbonyl (C=O) groups excluding carboxylic acids is 2. The van der Waals surface area contributed by atoms with Crippen molar-refractivity contribution >= 4 is 119 Å². The topological polar surface area (TPSA) is 411 Å². The molecule has 4 N–H and O–H groups in total. The third-order valence-electron chi connectivity index (χ3n) is 9.13. The number of anilines is 2. The van der Waals surface area contributed by atoms with Crippen LogP contribution < -0.4 is 134 Å². The van der Waals surface area contributed by atoms with Crippen molar-refractivity contribution in [3.63, 3.8) is 0 Å². The fraction of sp³-hybridized carbons (Fsp3) is 0.105. The van der Waals surface area contributed by atoms with E-state index < -0.39 is 117 Å². The molecule has 0 atom stereocenters. The first-order valence-electron chi connectivity index (χ1n) is 18.2. The Bertz CT molecular complexity index is 3680. The zero-order chi connectivity index (χ0) is 49.6. The maximum absolute atomic E-state index is 12.3. The van der Waals surface area contributed by atoms with E-state index in [1.165, 1.54) is 43.5 Å². The molecule has 0 radical (unpaired) electrons. The molecule has 0 aliphatic rings. The van der Waals surface area contributed by atoms with Crippen LogP contribution in [0, 0.1) is 6.92 Å². The predicted octanol–water partition coefficient (Wildman–Crippen LogP) is -5.48. The molecule has 0 saturated carbocycles. The number of nitrogens with zero attached hydrogens (tertiary/aromatic N) is 6. The third-order valence-corrected chi connectivity index (χ3v) is 12.5. The molecule has 25 nitrogen and oxygen atoms in total. The smallest absolute Gasteiger partial charge is 0.744 e. The predicted molar refractivity (Wildman–Crippen MR) is 228 cm³/mol. The molecule has 0 unspecified atom stereocenters. The average Bonchev–Trinajstić information content (AvgIpc) is 3.20. The number of rotatable bonds is 13. The normalized spacial score (nSPS) is 12.0. The van der Waals surface area contributed by atoms with Gasteiger partial charge in [0, 0.05) is 30.7 Å². The number of nitrogens with one attached hydrogen (secondary N) is 2. The Hall–Kier alpha value is -3.38. The maximum atomic E-state index is 12.3. The Balaban J connectivity index is 0.00000432. The molecule has 0 bridgehead atoms. The number of aromatic hydroxyl groups is 2. The number of carbonyl (C=O) groups is 2. The van der Waals surface area contributed by atoms with Crippen LogP contribution in [-0.4, -0.2) is 81.0 Å². The monoisotopic (exact) mass is 1090 g/mol. The van der Waals surface area contributed by atoms with Crippen molar-refractivity contribution < 1.29 is 195 Å². The minimum Gasteiger partial charge on any atom is -0.744 e. The molecule has 6 rings (SSSR count). The maximum Gasteiger partial charge on any atom is 1.00 e. The zero-order valence-electron chi connectivity index (χ0n) is 38.3. The van der Waals surface area contributed by atoms with Gasteiger partial charge in [0.15, 0.2) is 11.5 Å². The molecule has 33 heteroatoms. The molecule has 0 aliphatic heterocycles. The second-order valence-corrected chi connectivity index (χ2v) is 19.3. The second kappa shape index (κ2) is 24.8. The summed E-state index contributed by atoms with van der Waals surface area (Å²) < 4.78 is 150. The molecule has 0 fully saturated rings. The number of ether oxygens (including phenoxy) is 1. The molecule has 0 spiro atoms. The van der Waals surface area contributed by atoms with Crippen LogP contribution in [0.3, 0.4) is 0 Å². The van der Waals surface area contributed by atoms with Crippen LogP contribution in [0.5, 0.6) is 17.2 Å². The Morgan fingerprint density at radius 1 is 0.521 bits per heavy atom. The average molecular weight is 1090 g/mol. The van der Waals surface area contributed by atoms with E-state index in [0.717, 1.165) is 26.0 Å². The number of fused-ring (bicyclic) bond motifs is 2. The van der Waals surface area contributed by atoms with Crippen molar-refractivity contribution in [3.8, 4) is 17.2 Å². The summed E-state index contributed by atoms with van der Waals surface area (Å²) in [5, 5.41) is 49.0. The van der Waals surface area contributed by atoms with Gasteiger partial charge in [-0.05, 0) is 90.0 Å². The third kappa shape index (κ3) is 15.1. The Labute approximate surface area is 492 Å². The van der Waals surface area contributed by atoms with Crippen LogP contribution in [0.1, 0.15) is 19.4 Å². The van der Waals surface area contributed by atoms with Crippen LogP contribution in [0.15, 0.2) is 123 Å². The van der Waals surface area contributed by atoms with E-state index in [2.05, 4.69) is 41.3 Å². The summed E-state index contributed by atoms with van der Waals surface area (Å²) in [6.45, 7) is 3.61. The van der Waals surface area contributed by atoms with Crippen LogP contribution in [0.4, 0.5) is 45.5 Å². The van der Waals surface area contributed by atoms with E-state index in [1.807, 2.05) is 0 Å². The van der Waals surface area contributed by atoms with Crippen molar-refractivity contribution in [2.24, 2.45) is 30.7 Å². The summed E-state index contributed by atoms with van der Waals surface area (Å²) in [6, 6.07) is 12.3. The molecule has 0 heterocycles. The number of phenolic OH excluding ortho intramolecular Hbond substituents is 2. The van der Waals surface area contributed by atoms with Gasteiger partial charge in [0.1, 0.15) is 63.3 Å². The fourth-order valence-corrected chi connectivity index (χ4v) is 8.64. The van der Waals surface area contributed by atoms with Crippen molar-refractivity contribution in [2.45, 2.75) is 40.4 Å². The molecule has 0 aromatic heterocycles. The molecule has 71 heavy (non-hydrogen) atoms. The first-order chi connectivity index (χ1) is 31.1. The number of methoxy groups -OCH3 is 1. The number of phenols is 2. The van der Waals surface area contributed by atoms with Crippen LogP contribution in [0.25, 0.3) is 21.5 Å². The van der Waals surface area contributed by atoms with Gasteiger partial charge in [0.2, 0.25) is 11.8 Å². The molecule has 6 aromatic rings. The number of azo groups is 3. The summed E-state index contributed by atoms with van der Waals surface area (Å²) in [5.41, 5.74) is -1.93. The van der Waals surface area contributed by atoms with Gasteiger partial charge in [-0.1, -0.05) is 0 Å². The summed E-state index contributed by atoms with van der Waals surface area (Å²) in [7, 11) is -20.0. The first-order valence-corrected chi connectivity index (χ1v) is 23.8. The summed E-state index contributed by atoms with van der Waals surface area (Å²) in [6.07, 6.45) is 0. The quantitative estimate of drug-likeness (QED) is 0.0476. The van der Waals surface area contributed by atoms with Crippen LogP contribution in [-0.2, 0) is 50.1 Å². The van der Waals surface area contributed by atoms with E-state index in [-0.39, 0.29) is 158 Å².